The molecule has 0 aliphatic carbocycles. The number of anilines is 1. The quantitative estimate of drug-likeness (QED) is 0.916. The van der Waals surface area contributed by atoms with Gasteiger partial charge in [0.15, 0.2) is 0 Å². The summed E-state index contributed by atoms with van der Waals surface area (Å²) in [4.78, 5) is 16.4. The summed E-state index contributed by atoms with van der Waals surface area (Å²) >= 11 is 0. The Hall–Kier alpha value is -1.55. The number of carbonyl (C=O) groups is 1. The van der Waals surface area contributed by atoms with Gasteiger partial charge in [0.1, 0.15) is 0 Å². The number of aliphatic hydroxyl groups is 1. The lowest BCUT2D eigenvalue weighted by molar-refractivity contribution is 0.0474. The van der Waals surface area contributed by atoms with Crippen molar-refractivity contribution in [2.45, 2.75) is 32.8 Å². The summed E-state index contributed by atoms with van der Waals surface area (Å²) in [5.41, 5.74) is 1.85. The van der Waals surface area contributed by atoms with Crippen LogP contribution < -0.4 is 4.90 Å². The first-order valence-electron chi connectivity index (χ1n) is 7.48. The van der Waals surface area contributed by atoms with E-state index in [1.807, 2.05) is 24.3 Å². The number of nitrogens with zero attached hydrogens (tertiary/aromatic N) is 2. The van der Waals surface area contributed by atoms with Crippen molar-refractivity contribution in [3.8, 4) is 0 Å². The maximum absolute atomic E-state index is 12.4. The van der Waals surface area contributed by atoms with E-state index in [0.717, 1.165) is 38.2 Å². The zero-order valence-electron chi connectivity index (χ0n) is 12.4. The predicted molar refractivity (Wildman–Crippen MR) is 81.1 cm³/mol. The van der Waals surface area contributed by atoms with E-state index in [1.165, 1.54) is 0 Å². The van der Waals surface area contributed by atoms with Crippen LogP contribution in [0.25, 0.3) is 0 Å². The van der Waals surface area contributed by atoms with Gasteiger partial charge in [-0.15, -0.1) is 0 Å². The van der Waals surface area contributed by atoms with Crippen molar-refractivity contribution in [2.24, 2.45) is 0 Å². The van der Waals surface area contributed by atoms with Gasteiger partial charge >= 0.3 is 0 Å². The van der Waals surface area contributed by atoms with Crippen LogP contribution in [0.4, 0.5) is 5.69 Å². The van der Waals surface area contributed by atoms with E-state index < -0.39 is 0 Å². The number of benzene rings is 1. The first-order valence-corrected chi connectivity index (χ1v) is 7.48. The highest BCUT2D eigenvalue weighted by Crippen LogP contribution is 2.18. The summed E-state index contributed by atoms with van der Waals surface area (Å²) in [5, 5.41) is 9.66. The molecule has 1 aliphatic heterocycles. The molecule has 1 aliphatic rings. The van der Waals surface area contributed by atoms with E-state index in [2.05, 4.69) is 18.7 Å². The zero-order valence-corrected chi connectivity index (χ0v) is 12.4. The van der Waals surface area contributed by atoms with Gasteiger partial charge in [0, 0.05) is 37.4 Å². The van der Waals surface area contributed by atoms with E-state index >= 15 is 0 Å². The van der Waals surface area contributed by atoms with Crippen molar-refractivity contribution >= 4 is 11.6 Å². The average Bonchev–Trinajstić information content (AvgIpc) is 2.48. The first kappa shape index (κ1) is 14.9. The van der Waals surface area contributed by atoms with Gasteiger partial charge in [0.25, 0.3) is 5.91 Å². The Morgan fingerprint density at radius 3 is 2.50 bits per heavy atom. The van der Waals surface area contributed by atoms with Crippen LogP contribution in [-0.2, 0) is 0 Å². The maximum atomic E-state index is 12.4. The molecule has 110 valence electrons. The molecule has 0 aromatic heterocycles. The Morgan fingerprint density at radius 2 is 1.95 bits per heavy atom. The third-order valence-electron chi connectivity index (χ3n) is 3.93. The second-order valence-electron chi connectivity index (χ2n) is 5.27. The van der Waals surface area contributed by atoms with Gasteiger partial charge in [-0.2, -0.15) is 0 Å². The summed E-state index contributed by atoms with van der Waals surface area (Å²) in [7, 11) is 0. The topological polar surface area (TPSA) is 43.8 Å². The lowest BCUT2D eigenvalue weighted by atomic mass is 10.1. The van der Waals surface area contributed by atoms with E-state index in [4.69, 9.17) is 0 Å². The lowest BCUT2D eigenvalue weighted by Crippen LogP contribution is -2.42. The Balaban J connectivity index is 2.07. The summed E-state index contributed by atoms with van der Waals surface area (Å²) < 4.78 is 0. The molecule has 2 rings (SSSR count). The van der Waals surface area contributed by atoms with Crippen LogP contribution in [0.15, 0.2) is 24.3 Å². The molecule has 1 unspecified atom stereocenters. The van der Waals surface area contributed by atoms with Crippen molar-refractivity contribution in [3.05, 3.63) is 29.8 Å². The van der Waals surface area contributed by atoms with Crippen molar-refractivity contribution in [2.75, 3.05) is 31.1 Å². The molecule has 1 fully saturated rings. The number of amides is 1. The molecule has 1 amide bonds. The molecule has 4 heteroatoms. The predicted octanol–water partition coefficient (Wildman–Crippen LogP) is 2.13. The van der Waals surface area contributed by atoms with Gasteiger partial charge in [-0.3, -0.25) is 4.79 Å². The highest BCUT2D eigenvalue weighted by atomic mass is 16.3. The monoisotopic (exact) mass is 276 g/mol. The lowest BCUT2D eigenvalue weighted by Gasteiger charge is -2.30. The van der Waals surface area contributed by atoms with Crippen LogP contribution in [0.3, 0.4) is 0 Å². The zero-order chi connectivity index (χ0) is 14.5. The molecular weight excluding hydrogens is 252 g/mol. The fraction of sp³-hybridized carbons (Fsp3) is 0.562. The first-order chi connectivity index (χ1) is 9.65. The molecule has 0 saturated carbocycles. The number of rotatable bonds is 4. The van der Waals surface area contributed by atoms with Gasteiger partial charge in [0.05, 0.1) is 6.10 Å². The minimum Gasteiger partial charge on any atom is -0.391 e. The van der Waals surface area contributed by atoms with Crippen LogP contribution >= 0.6 is 0 Å². The van der Waals surface area contributed by atoms with Crippen LogP contribution in [0.1, 0.15) is 37.0 Å². The SMILES string of the molecule is CCN(CC)c1ccc(C(=O)N2CCCC(O)C2)cc1. The molecule has 4 nitrogen and oxygen atoms in total. The number of hydrogen-bond acceptors (Lipinski definition) is 3. The van der Waals surface area contributed by atoms with E-state index in [-0.39, 0.29) is 12.0 Å². The maximum Gasteiger partial charge on any atom is 0.253 e. The Kier molecular flexibility index (Phi) is 5.01. The second kappa shape index (κ2) is 6.75. The smallest absolute Gasteiger partial charge is 0.253 e. The molecule has 1 saturated heterocycles. The third kappa shape index (κ3) is 3.31. The van der Waals surface area contributed by atoms with Crippen molar-refractivity contribution < 1.29 is 9.90 Å². The highest BCUT2D eigenvalue weighted by Gasteiger charge is 2.22. The minimum atomic E-state index is -0.373. The van der Waals surface area contributed by atoms with Gasteiger partial charge in [0.2, 0.25) is 0 Å². The minimum absolute atomic E-state index is 0.0230. The van der Waals surface area contributed by atoms with Crippen LogP contribution in [0, 0.1) is 0 Å². The van der Waals surface area contributed by atoms with Crippen LogP contribution in [0.5, 0.6) is 0 Å². The molecule has 0 radical (unpaired) electrons. The molecule has 1 aromatic carbocycles. The molecule has 0 bridgehead atoms. The summed E-state index contributed by atoms with van der Waals surface area (Å²) in [5.74, 6) is 0.0230. The number of β-amino-alcohol motifs (C(OH)–C–C–N with tert-alkyl or cyclic N) is 1. The standard InChI is InChI=1S/C16H24N2O2/c1-3-17(4-2)14-9-7-13(8-10-14)16(20)18-11-5-6-15(19)12-18/h7-10,15,19H,3-6,11-12H2,1-2H3. The fourth-order valence-electron chi connectivity index (χ4n) is 2.73. The van der Waals surface area contributed by atoms with Crippen molar-refractivity contribution in [1.29, 1.82) is 0 Å². The van der Waals surface area contributed by atoms with Gasteiger partial charge in [-0.25, -0.2) is 0 Å². The molecule has 1 atom stereocenters. The molecule has 20 heavy (non-hydrogen) atoms. The van der Waals surface area contributed by atoms with Crippen molar-refractivity contribution in [3.63, 3.8) is 0 Å². The summed E-state index contributed by atoms with van der Waals surface area (Å²) in [6.45, 7) is 7.36. The highest BCUT2D eigenvalue weighted by molar-refractivity contribution is 5.94. The van der Waals surface area contributed by atoms with E-state index in [0.29, 0.717) is 12.1 Å². The third-order valence-corrected chi connectivity index (χ3v) is 3.93. The number of likely N-dealkylation sites (tertiary alicyclic amines) is 1. The average molecular weight is 276 g/mol. The normalized spacial score (nSPS) is 18.9. The molecule has 1 N–H and O–H groups in total. The fourth-order valence-corrected chi connectivity index (χ4v) is 2.73. The molecular formula is C16H24N2O2. The Labute approximate surface area is 121 Å². The van der Waals surface area contributed by atoms with Gasteiger partial charge in [-0.05, 0) is 51.0 Å². The van der Waals surface area contributed by atoms with Crippen LogP contribution in [0.2, 0.25) is 0 Å². The largest absolute Gasteiger partial charge is 0.391 e. The second-order valence-corrected chi connectivity index (χ2v) is 5.27. The number of piperidine rings is 1. The Bertz CT molecular complexity index is 440. The van der Waals surface area contributed by atoms with Crippen LogP contribution in [-0.4, -0.2) is 48.2 Å². The van der Waals surface area contributed by atoms with Gasteiger partial charge in [-0.1, -0.05) is 0 Å². The number of hydrogen-bond donors (Lipinski definition) is 1. The number of carbonyl (C=O) groups excluding carboxylic acids is 1. The van der Waals surface area contributed by atoms with E-state index in [1.54, 1.807) is 4.90 Å². The summed E-state index contributed by atoms with van der Waals surface area (Å²) in [6, 6.07) is 7.77. The van der Waals surface area contributed by atoms with Crippen molar-refractivity contribution in [1.82, 2.24) is 4.90 Å². The molecule has 1 aromatic rings. The van der Waals surface area contributed by atoms with E-state index in [9.17, 15) is 9.90 Å². The van der Waals surface area contributed by atoms with Gasteiger partial charge < -0.3 is 14.9 Å². The molecule has 1 heterocycles. The molecule has 0 spiro atoms. The summed E-state index contributed by atoms with van der Waals surface area (Å²) in [6.07, 6.45) is 1.30. The number of aliphatic hydroxyl groups excluding tert-OH is 1. The Morgan fingerprint density at radius 1 is 1.30 bits per heavy atom.